The molecule has 154 valence electrons. The normalized spacial score (nSPS) is 19.6. The number of aromatic nitrogens is 4. The minimum atomic E-state index is -0.0329. The van der Waals surface area contributed by atoms with Gasteiger partial charge in [-0.15, -0.1) is 0 Å². The molecule has 3 heterocycles. The molecular formula is C24H26N4O2. The number of aryl methyl sites for hydroxylation is 3. The fourth-order valence-corrected chi connectivity index (χ4v) is 4.39. The molecule has 0 amide bonds. The smallest absolute Gasteiger partial charge is 0.250 e. The zero-order chi connectivity index (χ0) is 20.8. The quantitative estimate of drug-likeness (QED) is 0.653. The summed E-state index contributed by atoms with van der Waals surface area (Å²) in [4.78, 5) is 25.7. The summed E-state index contributed by atoms with van der Waals surface area (Å²) in [6, 6.07) is 7.85. The average Bonchev–Trinajstić information content (AvgIpc) is 3.37. The Morgan fingerprint density at radius 2 is 1.97 bits per heavy atom. The Labute approximate surface area is 176 Å². The topological polar surface area (TPSA) is 69.9 Å². The molecule has 3 aromatic rings. The van der Waals surface area contributed by atoms with Crippen molar-refractivity contribution < 1.29 is 4.74 Å². The number of rotatable bonds is 5. The number of hydrogen-bond donors (Lipinski definition) is 0. The SMILES string of the molecule is Cc1ncc(-c2ccc(=O)n(C)c2C)c(OCC2CC2c2ccc3c(n2)CCC3)n1. The molecule has 2 aliphatic carbocycles. The summed E-state index contributed by atoms with van der Waals surface area (Å²) in [5.41, 5.74) is 6.48. The molecule has 0 N–H and O–H groups in total. The standard InChI is InChI=1S/C24H26N4O2/c1-14-18(8-10-23(29)28(14)3)20-12-25-15(2)26-24(20)30-13-17-11-19(17)22-9-7-16-5-4-6-21(16)27-22/h7-10,12,17,19H,4-6,11,13H2,1-3H3. The van der Waals surface area contributed by atoms with Crippen molar-refractivity contribution in [3.63, 3.8) is 0 Å². The second-order valence-corrected chi connectivity index (χ2v) is 8.47. The molecule has 6 nitrogen and oxygen atoms in total. The first-order chi connectivity index (χ1) is 14.5. The highest BCUT2D eigenvalue weighted by molar-refractivity contribution is 5.69. The Morgan fingerprint density at radius 1 is 1.10 bits per heavy atom. The van der Waals surface area contributed by atoms with Crippen LogP contribution in [0.25, 0.3) is 11.1 Å². The van der Waals surface area contributed by atoms with Crippen LogP contribution in [0.15, 0.2) is 35.3 Å². The summed E-state index contributed by atoms with van der Waals surface area (Å²) in [6.45, 7) is 4.40. The summed E-state index contributed by atoms with van der Waals surface area (Å²) >= 11 is 0. The maximum Gasteiger partial charge on any atom is 0.250 e. The Bertz CT molecular complexity index is 1180. The van der Waals surface area contributed by atoms with Crippen molar-refractivity contribution in [1.82, 2.24) is 19.5 Å². The van der Waals surface area contributed by atoms with Crippen LogP contribution in [-0.2, 0) is 19.9 Å². The summed E-state index contributed by atoms with van der Waals surface area (Å²) < 4.78 is 7.83. The lowest BCUT2D eigenvalue weighted by atomic mass is 10.1. The van der Waals surface area contributed by atoms with Crippen molar-refractivity contribution >= 4 is 0 Å². The van der Waals surface area contributed by atoms with E-state index in [9.17, 15) is 4.79 Å². The lowest BCUT2D eigenvalue weighted by Crippen LogP contribution is -2.18. The van der Waals surface area contributed by atoms with E-state index in [2.05, 4.69) is 22.1 Å². The van der Waals surface area contributed by atoms with Crippen LogP contribution in [-0.4, -0.2) is 26.1 Å². The van der Waals surface area contributed by atoms with Gasteiger partial charge in [-0.25, -0.2) is 4.98 Å². The fraction of sp³-hybridized carbons (Fsp3) is 0.417. The predicted molar refractivity (Wildman–Crippen MR) is 115 cm³/mol. The molecule has 5 rings (SSSR count). The highest BCUT2D eigenvalue weighted by atomic mass is 16.5. The van der Waals surface area contributed by atoms with E-state index in [0.717, 1.165) is 29.7 Å². The maximum absolute atomic E-state index is 11.9. The van der Waals surface area contributed by atoms with Crippen molar-refractivity contribution in [2.45, 2.75) is 45.4 Å². The molecule has 0 aliphatic heterocycles. The molecule has 2 aliphatic rings. The van der Waals surface area contributed by atoms with Crippen LogP contribution in [0.1, 0.15) is 47.2 Å². The van der Waals surface area contributed by atoms with Crippen LogP contribution in [0.2, 0.25) is 0 Å². The van der Waals surface area contributed by atoms with E-state index in [1.54, 1.807) is 23.9 Å². The van der Waals surface area contributed by atoms with Gasteiger partial charge >= 0.3 is 0 Å². The van der Waals surface area contributed by atoms with Gasteiger partial charge in [0.25, 0.3) is 0 Å². The van der Waals surface area contributed by atoms with Gasteiger partial charge < -0.3 is 9.30 Å². The van der Waals surface area contributed by atoms with E-state index >= 15 is 0 Å². The molecule has 0 aromatic carbocycles. The first kappa shape index (κ1) is 19.0. The first-order valence-corrected chi connectivity index (χ1v) is 10.6. The summed E-state index contributed by atoms with van der Waals surface area (Å²) in [7, 11) is 1.77. The Morgan fingerprint density at radius 3 is 2.83 bits per heavy atom. The average molecular weight is 402 g/mol. The van der Waals surface area contributed by atoms with E-state index < -0.39 is 0 Å². The van der Waals surface area contributed by atoms with Gasteiger partial charge in [0.1, 0.15) is 5.82 Å². The van der Waals surface area contributed by atoms with E-state index in [-0.39, 0.29) is 5.56 Å². The van der Waals surface area contributed by atoms with Crippen LogP contribution in [0, 0.1) is 19.8 Å². The second kappa shape index (κ2) is 7.35. The number of nitrogens with zero attached hydrogens (tertiary/aromatic N) is 4. The molecule has 6 heteroatoms. The molecule has 30 heavy (non-hydrogen) atoms. The number of ether oxygens (including phenoxy) is 1. The lowest BCUT2D eigenvalue weighted by molar-refractivity contribution is 0.285. The molecule has 3 aromatic heterocycles. The highest BCUT2D eigenvalue weighted by Crippen LogP contribution is 2.47. The minimum absolute atomic E-state index is 0.0329. The van der Waals surface area contributed by atoms with Crippen molar-refractivity contribution in [1.29, 1.82) is 0 Å². The minimum Gasteiger partial charge on any atom is -0.477 e. The van der Waals surface area contributed by atoms with Crippen LogP contribution >= 0.6 is 0 Å². The van der Waals surface area contributed by atoms with Gasteiger partial charge in [-0.05, 0) is 57.2 Å². The fourth-order valence-electron chi connectivity index (χ4n) is 4.39. The molecule has 1 saturated carbocycles. The van der Waals surface area contributed by atoms with Crippen LogP contribution in [0.3, 0.4) is 0 Å². The molecular weight excluding hydrogens is 376 g/mol. The third-order valence-corrected chi connectivity index (χ3v) is 6.47. The maximum atomic E-state index is 11.9. The second-order valence-electron chi connectivity index (χ2n) is 8.47. The number of hydrogen-bond acceptors (Lipinski definition) is 5. The highest BCUT2D eigenvalue weighted by Gasteiger charge is 2.40. The van der Waals surface area contributed by atoms with Gasteiger partial charge in [0.05, 0.1) is 12.2 Å². The largest absolute Gasteiger partial charge is 0.477 e. The molecule has 0 bridgehead atoms. The van der Waals surface area contributed by atoms with Gasteiger partial charge in [0, 0.05) is 53.8 Å². The summed E-state index contributed by atoms with van der Waals surface area (Å²) in [5.74, 6) is 2.18. The van der Waals surface area contributed by atoms with Crippen molar-refractivity contribution in [3.8, 4) is 17.0 Å². The van der Waals surface area contributed by atoms with E-state index in [1.807, 2.05) is 19.9 Å². The first-order valence-electron chi connectivity index (χ1n) is 10.6. The van der Waals surface area contributed by atoms with Crippen molar-refractivity contribution in [3.05, 3.63) is 69.3 Å². The zero-order valence-corrected chi connectivity index (χ0v) is 17.7. The van der Waals surface area contributed by atoms with Crippen molar-refractivity contribution in [2.24, 2.45) is 13.0 Å². The van der Waals surface area contributed by atoms with Gasteiger partial charge in [0.2, 0.25) is 11.4 Å². The third-order valence-electron chi connectivity index (χ3n) is 6.47. The molecule has 0 spiro atoms. The lowest BCUT2D eigenvalue weighted by Gasteiger charge is -2.14. The molecule has 1 fully saturated rings. The molecule has 0 radical (unpaired) electrons. The zero-order valence-electron chi connectivity index (χ0n) is 17.7. The van der Waals surface area contributed by atoms with Crippen LogP contribution < -0.4 is 10.3 Å². The molecule has 2 unspecified atom stereocenters. The van der Waals surface area contributed by atoms with E-state index in [0.29, 0.717) is 30.1 Å². The van der Waals surface area contributed by atoms with Crippen molar-refractivity contribution in [2.75, 3.05) is 6.61 Å². The number of fused-ring (bicyclic) bond motifs is 1. The molecule has 0 saturated heterocycles. The van der Waals surface area contributed by atoms with Gasteiger partial charge in [-0.2, -0.15) is 4.98 Å². The van der Waals surface area contributed by atoms with Gasteiger partial charge in [0.15, 0.2) is 0 Å². The van der Waals surface area contributed by atoms with Gasteiger partial charge in [-0.3, -0.25) is 9.78 Å². The van der Waals surface area contributed by atoms with Crippen LogP contribution in [0.5, 0.6) is 5.88 Å². The molecule has 2 atom stereocenters. The summed E-state index contributed by atoms with van der Waals surface area (Å²) in [5, 5.41) is 0. The Hall–Kier alpha value is -3.02. The van der Waals surface area contributed by atoms with Gasteiger partial charge in [-0.1, -0.05) is 6.07 Å². The third kappa shape index (κ3) is 3.40. The van der Waals surface area contributed by atoms with E-state index in [4.69, 9.17) is 9.72 Å². The Balaban J connectivity index is 1.35. The Kier molecular flexibility index (Phi) is 4.65. The predicted octanol–water partition coefficient (Wildman–Crippen LogP) is 3.53. The monoisotopic (exact) mass is 402 g/mol. The number of pyridine rings is 2. The van der Waals surface area contributed by atoms with E-state index in [1.165, 1.54) is 29.8 Å². The summed E-state index contributed by atoms with van der Waals surface area (Å²) in [6.07, 6.45) is 6.39. The van der Waals surface area contributed by atoms with Crippen LogP contribution in [0.4, 0.5) is 0 Å².